The van der Waals surface area contributed by atoms with E-state index in [4.69, 9.17) is 29.9 Å². The van der Waals surface area contributed by atoms with Crippen molar-refractivity contribution in [2.24, 2.45) is 5.73 Å². The number of carbonyl (C=O) groups is 4. The molecule has 19 nitrogen and oxygen atoms in total. The van der Waals surface area contributed by atoms with Crippen molar-refractivity contribution in [2.45, 2.75) is 67.3 Å². The molecule has 5 N–H and O–H groups in total. The number of aryl methyl sites for hydroxylation is 1. The van der Waals surface area contributed by atoms with Gasteiger partial charge < -0.3 is 40.6 Å². The van der Waals surface area contributed by atoms with Crippen molar-refractivity contribution in [3.8, 4) is 6.07 Å². The number of nitriles is 1. The Morgan fingerprint density at radius 3 is 2.33 bits per heavy atom. The lowest BCUT2D eigenvalue weighted by Crippen LogP contribution is -2.37. The number of rotatable bonds is 27. The molecule has 3 heterocycles. The number of carbonyl (C=O) groups excluding carboxylic acids is 4. The lowest BCUT2D eigenvalue weighted by molar-refractivity contribution is -0.126. The number of nitrogens with zero attached hydrogens (tertiary/aromatic N) is 5. The molecule has 55 heavy (non-hydrogen) atoms. The maximum atomic E-state index is 13.0. The number of urea groups is 1. The van der Waals surface area contributed by atoms with Crippen LogP contribution in [0.25, 0.3) is 0 Å². The van der Waals surface area contributed by atoms with E-state index >= 15 is 0 Å². The molecular weight excluding hydrogens is 759 g/mol. The Morgan fingerprint density at radius 2 is 1.65 bits per heavy atom. The van der Waals surface area contributed by atoms with Gasteiger partial charge >= 0.3 is 6.03 Å². The summed E-state index contributed by atoms with van der Waals surface area (Å²) in [6.07, 6.45) is 4.72. The van der Waals surface area contributed by atoms with Crippen molar-refractivity contribution in [3.05, 3.63) is 41.7 Å². The number of ether oxygens (including phenoxy) is 4. The summed E-state index contributed by atoms with van der Waals surface area (Å²) >= 11 is 1.88. The molecule has 5 amide bonds. The number of unbranched alkanes of at least 4 members (excludes halogenated alkanes) is 1. The van der Waals surface area contributed by atoms with E-state index in [9.17, 15) is 27.6 Å². The van der Waals surface area contributed by atoms with E-state index in [-0.39, 0.29) is 47.3 Å². The van der Waals surface area contributed by atoms with Crippen molar-refractivity contribution in [1.82, 2.24) is 35.2 Å². The van der Waals surface area contributed by atoms with E-state index in [1.165, 1.54) is 12.1 Å². The Morgan fingerprint density at radius 1 is 0.982 bits per heavy atom. The van der Waals surface area contributed by atoms with Crippen LogP contribution in [0.3, 0.4) is 0 Å². The van der Waals surface area contributed by atoms with Gasteiger partial charge in [-0.1, -0.05) is 11.6 Å². The van der Waals surface area contributed by atoms with Crippen LogP contribution in [0.4, 0.5) is 4.79 Å². The quantitative estimate of drug-likeness (QED) is 0.0525. The molecule has 2 saturated heterocycles. The molecule has 0 aliphatic carbocycles. The molecule has 2 fully saturated rings. The highest BCUT2D eigenvalue weighted by atomic mass is 32.2. The number of hydrogen-bond donors (Lipinski definition) is 4. The first kappa shape index (κ1) is 43.4. The fraction of sp³-hybridized carbons (Fsp3) is 0.618. The first-order chi connectivity index (χ1) is 26.6. The minimum absolute atomic E-state index is 0.0103. The van der Waals surface area contributed by atoms with Gasteiger partial charge in [0.15, 0.2) is 0 Å². The van der Waals surface area contributed by atoms with Gasteiger partial charge in [-0.15, -0.1) is 5.10 Å². The van der Waals surface area contributed by atoms with E-state index in [1.54, 1.807) is 16.9 Å². The van der Waals surface area contributed by atoms with Crippen LogP contribution in [-0.4, -0.2) is 141 Å². The van der Waals surface area contributed by atoms with Gasteiger partial charge in [-0.3, -0.25) is 14.4 Å². The standard InChI is InChI=1S/C34H49N9O10S2/c35-11-13-43(55(48,49)27-8-5-25(6-9-27)33(36)46)31(45)10-7-26-23-42(41-40-26)14-16-51-18-20-53-22-21-52-19-17-50-15-12-37-30(44)4-2-1-3-29-32-28(24-54-29)38-34(47)39-32/h5-6,8-9,23,28-29,32H,1-4,7,10,12-22,24H2,(H2,36,46)(H,37,44)(H2,38,39,47)/t28-,29-,32-/m0/s1. The molecule has 0 spiro atoms. The largest absolute Gasteiger partial charge is 0.377 e. The first-order valence-electron chi connectivity index (χ1n) is 18.1. The van der Waals surface area contributed by atoms with Gasteiger partial charge in [0.05, 0.1) is 88.1 Å². The summed E-state index contributed by atoms with van der Waals surface area (Å²) in [6, 6.07) is 6.81. The third-order valence-corrected chi connectivity index (χ3v) is 11.9. The van der Waals surface area contributed by atoms with Gasteiger partial charge in [0.2, 0.25) is 17.7 Å². The van der Waals surface area contributed by atoms with E-state index in [0.29, 0.717) is 87.6 Å². The molecule has 4 rings (SSSR count). The van der Waals surface area contributed by atoms with Gasteiger partial charge in [0, 0.05) is 48.6 Å². The van der Waals surface area contributed by atoms with E-state index in [2.05, 4.69) is 26.3 Å². The van der Waals surface area contributed by atoms with Crippen LogP contribution in [-0.2, 0) is 51.5 Å². The van der Waals surface area contributed by atoms with Crippen LogP contribution in [0.1, 0.15) is 48.2 Å². The fourth-order valence-corrected chi connectivity index (χ4v) is 8.62. The normalized spacial score (nSPS) is 17.6. The summed E-state index contributed by atoms with van der Waals surface area (Å²) in [7, 11) is -4.33. The number of nitrogens with one attached hydrogen (secondary N) is 3. The Hall–Kier alpha value is -4.33. The van der Waals surface area contributed by atoms with Crippen molar-refractivity contribution < 1.29 is 46.5 Å². The average Bonchev–Trinajstić information content (AvgIpc) is 3.89. The third kappa shape index (κ3) is 14.4. The topological polar surface area (TPSA) is 259 Å². The Labute approximate surface area is 324 Å². The molecule has 2 aliphatic rings. The zero-order valence-corrected chi connectivity index (χ0v) is 32.2. The van der Waals surface area contributed by atoms with Crippen LogP contribution in [0.2, 0.25) is 0 Å². The third-order valence-electron chi connectivity index (χ3n) is 8.63. The summed E-state index contributed by atoms with van der Waals surface area (Å²) in [5.74, 6) is -0.566. The van der Waals surface area contributed by atoms with Crippen LogP contribution in [0, 0.1) is 11.3 Å². The number of amides is 5. The van der Waals surface area contributed by atoms with Gasteiger partial charge in [0.1, 0.15) is 6.54 Å². The molecule has 0 bridgehead atoms. The van der Waals surface area contributed by atoms with Gasteiger partial charge in [-0.25, -0.2) is 22.2 Å². The zero-order valence-electron chi connectivity index (χ0n) is 30.6. The van der Waals surface area contributed by atoms with Crippen molar-refractivity contribution >= 4 is 45.5 Å². The second kappa shape index (κ2) is 22.9. The highest BCUT2D eigenvalue weighted by Gasteiger charge is 2.42. The van der Waals surface area contributed by atoms with Crippen LogP contribution >= 0.6 is 11.8 Å². The number of aromatic nitrogens is 3. The molecule has 0 radical (unpaired) electrons. The van der Waals surface area contributed by atoms with Crippen molar-refractivity contribution in [1.29, 1.82) is 5.26 Å². The highest BCUT2D eigenvalue weighted by molar-refractivity contribution is 8.00. The van der Waals surface area contributed by atoms with Gasteiger partial charge in [-0.05, 0) is 37.1 Å². The molecule has 0 unspecified atom stereocenters. The lowest BCUT2D eigenvalue weighted by atomic mass is 10.0. The second-order valence-electron chi connectivity index (χ2n) is 12.6. The molecular formula is C34H49N9O10S2. The summed E-state index contributed by atoms with van der Waals surface area (Å²) in [6.45, 7) is 3.24. The summed E-state index contributed by atoms with van der Waals surface area (Å²) in [5, 5.41) is 26.4. The van der Waals surface area contributed by atoms with E-state index < -0.39 is 28.4 Å². The summed E-state index contributed by atoms with van der Waals surface area (Å²) in [4.78, 5) is 47.4. The number of thioether (sulfide) groups is 1. The maximum absolute atomic E-state index is 13.0. The zero-order chi connectivity index (χ0) is 39.5. The number of hydrogen-bond acceptors (Lipinski definition) is 14. The number of fused-ring (bicyclic) bond motifs is 1. The van der Waals surface area contributed by atoms with Crippen molar-refractivity contribution in [2.75, 3.05) is 71.7 Å². The van der Waals surface area contributed by atoms with E-state index in [1.807, 2.05) is 11.8 Å². The molecule has 0 saturated carbocycles. The van der Waals surface area contributed by atoms with Crippen molar-refractivity contribution in [3.63, 3.8) is 0 Å². The predicted molar refractivity (Wildman–Crippen MR) is 198 cm³/mol. The Bertz CT molecular complexity index is 1700. The molecule has 2 aromatic rings. The predicted octanol–water partition coefficient (Wildman–Crippen LogP) is -0.0409. The minimum Gasteiger partial charge on any atom is -0.377 e. The number of primary amides is 1. The van der Waals surface area contributed by atoms with E-state index in [0.717, 1.165) is 37.1 Å². The number of nitrogens with two attached hydrogens (primary N) is 1. The summed E-state index contributed by atoms with van der Waals surface area (Å²) in [5.41, 5.74) is 5.76. The monoisotopic (exact) mass is 807 g/mol. The molecule has 1 aromatic heterocycles. The first-order valence-corrected chi connectivity index (χ1v) is 20.5. The minimum atomic E-state index is -4.33. The van der Waals surface area contributed by atoms with Crippen LogP contribution in [0.15, 0.2) is 35.4 Å². The fourth-order valence-electron chi connectivity index (χ4n) is 5.76. The molecule has 302 valence electrons. The molecule has 3 atom stereocenters. The second-order valence-corrected chi connectivity index (χ2v) is 15.7. The smallest absolute Gasteiger partial charge is 0.315 e. The molecule has 1 aromatic carbocycles. The van der Waals surface area contributed by atoms with Crippen LogP contribution < -0.4 is 21.7 Å². The number of sulfonamides is 1. The SMILES string of the molecule is N#CCN(C(=O)CCc1cn(CCOCCOCCOCCOCCNC(=O)CCCC[C@@H]2SC[C@@H]3NC(=O)N[C@@H]32)nn1)S(=O)(=O)c1ccc(C(N)=O)cc1. The van der Waals surface area contributed by atoms with Gasteiger partial charge in [0.25, 0.3) is 10.0 Å². The number of benzene rings is 1. The van der Waals surface area contributed by atoms with Crippen LogP contribution in [0.5, 0.6) is 0 Å². The lowest BCUT2D eigenvalue weighted by Gasteiger charge is -2.19. The highest BCUT2D eigenvalue weighted by Crippen LogP contribution is 2.33. The average molecular weight is 808 g/mol. The maximum Gasteiger partial charge on any atom is 0.315 e. The van der Waals surface area contributed by atoms with Gasteiger partial charge in [-0.2, -0.15) is 17.0 Å². The Balaban J connectivity index is 0.937. The summed E-state index contributed by atoms with van der Waals surface area (Å²) < 4.78 is 50.1. The Kier molecular flexibility index (Phi) is 18.1. The molecule has 2 aliphatic heterocycles. The molecule has 21 heteroatoms.